The van der Waals surface area contributed by atoms with E-state index >= 15 is 0 Å². The lowest BCUT2D eigenvalue weighted by Gasteiger charge is -2.09. The molecule has 1 N–H and O–H groups in total. The number of nitro groups is 1. The summed E-state index contributed by atoms with van der Waals surface area (Å²) in [6.45, 7) is 3.86. The van der Waals surface area contributed by atoms with Crippen LogP contribution in [0.4, 0.5) is 11.4 Å². The number of nitrogens with one attached hydrogen (secondary N) is 1. The smallest absolute Gasteiger partial charge is 0.285 e. The van der Waals surface area contributed by atoms with Crippen LogP contribution in [0.2, 0.25) is 0 Å². The number of aromatic nitrogens is 1. The van der Waals surface area contributed by atoms with Gasteiger partial charge in [0.15, 0.2) is 0 Å². The summed E-state index contributed by atoms with van der Waals surface area (Å²) >= 11 is 0. The number of hydrogen-bond donors (Lipinski definition) is 1. The topological polar surface area (TPSA) is 94.2 Å². The summed E-state index contributed by atoms with van der Waals surface area (Å²) in [4.78, 5) is 33.8. The molecule has 0 bridgehead atoms. The molecule has 1 heterocycles. The second-order valence-corrected chi connectivity index (χ2v) is 5.44. The fraction of sp³-hybridized carbons (Fsp3) is 0.250. The van der Waals surface area contributed by atoms with Crippen molar-refractivity contribution >= 4 is 17.3 Å². The van der Waals surface area contributed by atoms with E-state index in [1.54, 1.807) is 12.1 Å². The van der Waals surface area contributed by atoms with Gasteiger partial charge in [0.2, 0.25) is 5.91 Å². The Morgan fingerprint density at radius 3 is 2.43 bits per heavy atom. The van der Waals surface area contributed by atoms with E-state index in [2.05, 4.69) is 19.2 Å². The molecule has 1 aromatic carbocycles. The van der Waals surface area contributed by atoms with Gasteiger partial charge in [-0.1, -0.05) is 26.0 Å². The van der Waals surface area contributed by atoms with Crippen LogP contribution in [-0.4, -0.2) is 15.4 Å². The maximum Gasteiger partial charge on any atom is 0.285 e. The predicted molar refractivity (Wildman–Crippen MR) is 86.5 cm³/mol. The SMILES string of the molecule is CC(C)c1ccc(NC(=O)Cn2cc([N+](=O)[O-])ccc2=O)cc1. The van der Waals surface area contributed by atoms with Gasteiger partial charge in [0.05, 0.1) is 11.1 Å². The van der Waals surface area contributed by atoms with Gasteiger partial charge in [0, 0.05) is 17.8 Å². The molecule has 0 aliphatic heterocycles. The van der Waals surface area contributed by atoms with E-state index in [9.17, 15) is 19.7 Å². The van der Waals surface area contributed by atoms with Gasteiger partial charge in [0.1, 0.15) is 6.54 Å². The van der Waals surface area contributed by atoms with Gasteiger partial charge in [-0.3, -0.25) is 24.3 Å². The van der Waals surface area contributed by atoms with Crippen LogP contribution in [0.5, 0.6) is 0 Å². The lowest BCUT2D eigenvalue weighted by atomic mass is 10.0. The Morgan fingerprint density at radius 2 is 1.87 bits per heavy atom. The molecule has 7 heteroatoms. The van der Waals surface area contributed by atoms with Crippen molar-refractivity contribution in [1.29, 1.82) is 0 Å². The number of nitrogens with zero attached hydrogens (tertiary/aromatic N) is 2. The molecule has 0 saturated heterocycles. The van der Waals surface area contributed by atoms with Crippen LogP contribution in [0, 0.1) is 10.1 Å². The monoisotopic (exact) mass is 315 g/mol. The lowest BCUT2D eigenvalue weighted by Crippen LogP contribution is -2.26. The molecule has 120 valence electrons. The van der Waals surface area contributed by atoms with Crippen molar-refractivity contribution in [1.82, 2.24) is 4.57 Å². The van der Waals surface area contributed by atoms with Gasteiger partial charge in [-0.2, -0.15) is 0 Å². The maximum atomic E-state index is 12.0. The van der Waals surface area contributed by atoms with E-state index in [0.717, 1.165) is 28.5 Å². The Kier molecular flexibility index (Phi) is 4.90. The number of anilines is 1. The van der Waals surface area contributed by atoms with Gasteiger partial charge in [-0.15, -0.1) is 0 Å². The molecule has 1 amide bonds. The zero-order valence-corrected chi connectivity index (χ0v) is 12.9. The molecule has 0 unspecified atom stereocenters. The summed E-state index contributed by atoms with van der Waals surface area (Å²) in [5.41, 5.74) is 1.05. The van der Waals surface area contributed by atoms with Crippen molar-refractivity contribution in [2.75, 3.05) is 5.32 Å². The molecular weight excluding hydrogens is 298 g/mol. The third-order valence-corrected chi connectivity index (χ3v) is 3.35. The molecule has 0 saturated carbocycles. The first kappa shape index (κ1) is 16.4. The maximum absolute atomic E-state index is 12.0. The molecule has 0 radical (unpaired) electrons. The molecule has 0 aliphatic carbocycles. The Labute approximate surface area is 132 Å². The first-order chi connectivity index (χ1) is 10.9. The number of benzene rings is 1. The summed E-state index contributed by atoms with van der Waals surface area (Å²) in [5.74, 6) is -0.0342. The summed E-state index contributed by atoms with van der Waals surface area (Å²) in [7, 11) is 0. The van der Waals surface area contributed by atoms with E-state index in [4.69, 9.17) is 0 Å². The molecule has 23 heavy (non-hydrogen) atoms. The highest BCUT2D eigenvalue weighted by Crippen LogP contribution is 2.17. The standard InChI is InChI=1S/C16H17N3O4/c1-11(2)12-3-5-13(6-4-12)17-15(20)10-18-9-14(19(22)23)7-8-16(18)21/h3-9,11H,10H2,1-2H3,(H,17,20). The Hall–Kier alpha value is -2.96. The first-order valence-corrected chi connectivity index (χ1v) is 7.11. The van der Waals surface area contributed by atoms with Crippen molar-refractivity contribution in [2.24, 2.45) is 0 Å². The number of carbonyl (C=O) groups excluding carboxylic acids is 1. The van der Waals surface area contributed by atoms with Crippen LogP contribution in [0.25, 0.3) is 0 Å². The van der Waals surface area contributed by atoms with E-state index in [0.29, 0.717) is 11.6 Å². The zero-order valence-electron chi connectivity index (χ0n) is 12.9. The fourth-order valence-electron chi connectivity index (χ4n) is 2.06. The van der Waals surface area contributed by atoms with Gasteiger partial charge in [-0.05, 0) is 23.6 Å². The number of carbonyl (C=O) groups is 1. The van der Waals surface area contributed by atoms with E-state index in [-0.39, 0.29) is 12.2 Å². The molecule has 1 aromatic heterocycles. The summed E-state index contributed by atoms with van der Waals surface area (Å²) in [5, 5.41) is 13.4. The quantitative estimate of drug-likeness (QED) is 0.677. The number of amides is 1. The highest BCUT2D eigenvalue weighted by atomic mass is 16.6. The van der Waals surface area contributed by atoms with Gasteiger partial charge in [-0.25, -0.2) is 0 Å². The summed E-state index contributed by atoms with van der Waals surface area (Å²) < 4.78 is 1.01. The largest absolute Gasteiger partial charge is 0.325 e. The molecule has 0 aliphatic rings. The lowest BCUT2D eigenvalue weighted by molar-refractivity contribution is -0.385. The highest BCUT2D eigenvalue weighted by Gasteiger charge is 2.11. The Morgan fingerprint density at radius 1 is 1.22 bits per heavy atom. The van der Waals surface area contributed by atoms with Crippen molar-refractivity contribution < 1.29 is 9.72 Å². The zero-order chi connectivity index (χ0) is 17.0. The fourth-order valence-corrected chi connectivity index (χ4v) is 2.06. The minimum absolute atomic E-state index is 0.237. The van der Waals surface area contributed by atoms with E-state index < -0.39 is 16.4 Å². The second kappa shape index (κ2) is 6.87. The minimum Gasteiger partial charge on any atom is -0.325 e. The second-order valence-electron chi connectivity index (χ2n) is 5.44. The van der Waals surface area contributed by atoms with Crippen LogP contribution < -0.4 is 10.9 Å². The van der Waals surface area contributed by atoms with Crippen LogP contribution >= 0.6 is 0 Å². The molecular formula is C16H17N3O4. The number of hydrogen-bond acceptors (Lipinski definition) is 4. The molecule has 2 rings (SSSR count). The van der Waals surface area contributed by atoms with Crippen molar-refractivity contribution in [3.8, 4) is 0 Å². The Balaban J connectivity index is 2.09. The summed E-state index contributed by atoms with van der Waals surface area (Å²) in [6.07, 6.45) is 1.06. The molecule has 2 aromatic rings. The van der Waals surface area contributed by atoms with Crippen molar-refractivity contribution in [3.05, 3.63) is 68.6 Å². The van der Waals surface area contributed by atoms with Crippen LogP contribution in [0.1, 0.15) is 25.3 Å². The van der Waals surface area contributed by atoms with Crippen molar-refractivity contribution in [3.63, 3.8) is 0 Å². The molecule has 0 fully saturated rings. The van der Waals surface area contributed by atoms with Crippen LogP contribution in [0.3, 0.4) is 0 Å². The van der Waals surface area contributed by atoms with Gasteiger partial charge in [0.25, 0.3) is 11.2 Å². The van der Waals surface area contributed by atoms with Gasteiger partial charge >= 0.3 is 0 Å². The van der Waals surface area contributed by atoms with Crippen molar-refractivity contribution in [2.45, 2.75) is 26.3 Å². The van der Waals surface area contributed by atoms with Gasteiger partial charge < -0.3 is 5.32 Å². The third kappa shape index (κ3) is 4.26. The highest BCUT2D eigenvalue weighted by molar-refractivity contribution is 5.90. The van der Waals surface area contributed by atoms with E-state index in [1.807, 2.05) is 12.1 Å². The average Bonchev–Trinajstić information content (AvgIpc) is 2.49. The van der Waals surface area contributed by atoms with Crippen LogP contribution in [0.15, 0.2) is 47.4 Å². The predicted octanol–water partition coefficient (Wildman–Crippen LogP) is 2.52. The number of rotatable bonds is 5. The normalized spacial score (nSPS) is 10.6. The molecule has 7 nitrogen and oxygen atoms in total. The third-order valence-electron chi connectivity index (χ3n) is 3.35. The first-order valence-electron chi connectivity index (χ1n) is 7.11. The van der Waals surface area contributed by atoms with Crippen LogP contribution in [-0.2, 0) is 11.3 Å². The van der Waals surface area contributed by atoms with E-state index in [1.165, 1.54) is 0 Å². The molecule has 0 spiro atoms. The number of pyridine rings is 1. The Bertz CT molecular complexity index is 779. The summed E-state index contributed by atoms with van der Waals surface area (Å²) in [6, 6.07) is 9.58. The minimum atomic E-state index is -0.613. The molecule has 0 atom stereocenters. The average molecular weight is 315 g/mol.